The molecule has 7 heteroatoms. The first-order chi connectivity index (χ1) is 11.6. The first-order valence-corrected chi connectivity index (χ1v) is 9.09. The van der Waals surface area contributed by atoms with Crippen molar-refractivity contribution in [2.75, 3.05) is 13.1 Å². The van der Waals surface area contributed by atoms with E-state index in [1.807, 2.05) is 0 Å². The van der Waals surface area contributed by atoms with Crippen LogP contribution in [0.3, 0.4) is 0 Å². The van der Waals surface area contributed by atoms with Gasteiger partial charge in [-0.25, -0.2) is 4.79 Å². The van der Waals surface area contributed by atoms with Gasteiger partial charge in [-0.1, -0.05) is 0 Å². The molecule has 2 aliphatic carbocycles. The lowest BCUT2D eigenvalue weighted by atomic mass is 9.88. The summed E-state index contributed by atoms with van der Waals surface area (Å²) in [5.41, 5.74) is 0. The van der Waals surface area contributed by atoms with E-state index in [0.29, 0.717) is 38.1 Å². The molecule has 24 heavy (non-hydrogen) atoms. The van der Waals surface area contributed by atoms with Crippen LogP contribution in [0.1, 0.15) is 38.5 Å². The molecule has 0 unspecified atom stereocenters. The second-order valence-corrected chi connectivity index (χ2v) is 7.71. The molecule has 4 amide bonds. The van der Waals surface area contributed by atoms with Gasteiger partial charge in [0, 0.05) is 24.9 Å². The number of hydrogen-bond acceptors (Lipinski definition) is 5. The van der Waals surface area contributed by atoms with E-state index in [1.165, 1.54) is 9.80 Å². The van der Waals surface area contributed by atoms with Crippen LogP contribution in [-0.2, 0) is 19.1 Å². The highest BCUT2D eigenvalue weighted by Gasteiger charge is 2.50. The second kappa shape index (κ2) is 5.26. The minimum atomic E-state index is -0.428. The van der Waals surface area contributed by atoms with Crippen LogP contribution in [0.4, 0.5) is 4.79 Å². The highest BCUT2D eigenvalue weighted by atomic mass is 16.6. The summed E-state index contributed by atoms with van der Waals surface area (Å²) in [6.45, 7) is 0.647. The minimum absolute atomic E-state index is 0.126. The highest BCUT2D eigenvalue weighted by Crippen LogP contribution is 2.41. The van der Waals surface area contributed by atoms with Crippen LogP contribution >= 0.6 is 0 Å². The maximum Gasteiger partial charge on any atom is 0.333 e. The van der Waals surface area contributed by atoms with Gasteiger partial charge in [0.15, 0.2) is 0 Å². The Morgan fingerprint density at radius 3 is 1.62 bits per heavy atom. The normalized spacial score (nSPS) is 43.2. The minimum Gasteiger partial charge on any atom is -0.370 e. The van der Waals surface area contributed by atoms with Crippen molar-refractivity contribution in [3.63, 3.8) is 0 Å². The van der Waals surface area contributed by atoms with Gasteiger partial charge >= 0.3 is 6.03 Å². The summed E-state index contributed by atoms with van der Waals surface area (Å²) in [5.74, 6) is -0.525. The van der Waals surface area contributed by atoms with Gasteiger partial charge in [0.1, 0.15) is 0 Å². The zero-order valence-corrected chi connectivity index (χ0v) is 13.6. The van der Waals surface area contributed by atoms with E-state index in [0.717, 1.165) is 25.7 Å². The van der Waals surface area contributed by atoms with E-state index >= 15 is 0 Å². The van der Waals surface area contributed by atoms with Gasteiger partial charge in [-0.05, 0) is 38.5 Å². The number of carbonyl (C=O) groups is 3. The highest BCUT2D eigenvalue weighted by molar-refractivity contribution is 6.04. The van der Waals surface area contributed by atoms with Gasteiger partial charge in [-0.3, -0.25) is 19.4 Å². The molecule has 7 nitrogen and oxygen atoms in total. The standard InChI is InChI=1S/C17H22N2O5/c20-15(9-1-3-11-13(7-9)23-11)18-5-6-19(17(18)22)16(21)10-2-4-12-14(8-10)24-12/h9-14H,1-8H2/t9-,10+,11+,12-,13-,14+. The molecule has 0 radical (unpaired) electrons. The number of epoxide rings is 2. The zero-order chi connectivity index (χ0) is 16.4. The average molecular weight is 334 g/mol. The molecule has 0 aromatic heterocycles. The number of amides is 4. The van der Waals surface area contributed by atoms with Crippen LogP contribution in [0, 0.1) is 11.8 Å². The molecule has 3 aliphatic heterocycles. The van der Waals surface area contributed by atoms with Crippen LogP contribution in [0.25, 0.3) is 0 Å². The third-order valence-electron chi connectivity index (χ3n) is 6.25. The monoisotopic (exact) mass is 334 g/mol. The van der Waals surface area contributed by atoms with E-state index in [2.05, 4.69) is 0 Å². The predicted molar refractivity (Wildman–Crippen MR) is 80.8 cm³/mol. The average Bonchev–Trinajstić information content (AvgIpc) is 3.49. The molecule has 3 saturated heterocycles. The van der Waals surface area contributed by atoms with E-state index in [-0.39, 0.29) is 35.9 Å². The second-order valence-electron chi connectivity index (χ2n) is 7.71. The summed E-state index contributed by atoms with van der Waals surface area (Å²) in [5, 5.41) is 0. The van der Waals surface area contributed by atoms with E-state index in [1.54, 1.807) is 0 Å². The molecule has 5 aliphatic rings. The molecule has 5 fully saturated rings. The lowest BCUT2D eigenvalue weighted by molar-refractivity contribution is -0.133. The third kappa shape index (κ3) is 2.37. The third-order valence-corrected chi connectivity index (χ3v) is 6.25. The van der Waals surface area contributed by atoms with Gasteiger partial charge < -0.3 is 9.47 Å². The van der Waals surface area contributed by atoms with Gasteiger partial charge in [0.05, 0.1) is 24.4 Å². The Morgan fingerprint density at radius 2 is 1.21 bits per heavy atom. The van der Waals surface area contributed by atoms with Crippen LogP contribution in [0.15, 0.2) is 0 Å². The maximum absolute atomic E-state index is 12.7. The van der Waals surface area contributed by atoms with Gasteiger partial charge in [-0.2, -0.15) is 0 Å². The van der Waals surface area contributed by atoms with Crippen molar-refractivity contribution >= 4 is 17.8 Å². The molecule has 0 aromatic rings. The Morgan fingerprint density at radius 1 is 0.750 bits per heavy atom. The number of urea groups is 1. The number of fused-ring (bicyclic) bond motifs is 2. The Kier molecular flexibility index (Phi) is 3.25. The van der Waals surface area contributed by atoms with Crippen LogP contribution in [-0.4, -0.2) is 65.2 Å². The van der Waals surface area contributed by atoms with Crippen LogP contribution in [0.2, 0.25) is 0 Å². The van der Waals surface area contributed by atoms with E-state index in [4.69, 9.17) is 9.47 Å². The number of rotatable bonds is 2. The first kappa shape index (κ1) is 14.8. The fourth-order valence-corrected chi connectivity index (χ4v) is 4.64. The SMILES string of the molecule is O=C([C@@H]1CC[C@@H]2O[C@@H]2C1)N1CCN(C(=O)[C@H]2CC[C@H]3O[C@H]3C2)C1=O. The Hall–Kier alpha value is -1.47. The van der Waals surface area contributed by atoms with Crippen molar-refractivity contribution in [2.24, 2.45) is 11.8 Å². The van der Waals surface area contributed by atoms with Crippen molar-refractivity contribution < 1.29 is 23.9 Å². The Balaban J connectivity index is 1.22. The van der Waals surface area contributed by atoms with E-state index < -0.39 is 6.03 Å². The molecule has 0 aromatic carbocycles. The quantitative estimate of drug-likeness (QED) is 0.701. The molecular weight excluding hydrogens is 312 g/mol. The van der Waals surface area contributed by atoms with Crippen molar-refractivity contribution in [3.05, 3.63) is 0 Å². The number of hydrogen-bond donors (Lipinski definition) is 0. The fraction of sp³-hybridized carbons (Fsp3) is 0.824. The number of nitrogens with zero attached hydrogens (tertiary/aromatic N) is 2. The molecule has 5 rings (SSSR count). The molecule has 3 heterocycles. The van der Waals surface area contributed by atoms with Crippen molar-refractivity contribution in [1.29, 1.82) is 0 Å². The van der Waals surface area contributed by atoms with Crippen molar-refractivity contribution in [2.45, 2.75) is 62.9 Å². The summed E-state index contributed by atoms with van der Waals surface area (Å²) < 4.78 is 10.9. The Labute approximate surface area is 140 Å². The van der Waals surface area contributed by atoms with E-state index in [9.17, 15) is 14.4 Å². The molecule has 0 bridgehead atoms. The van der Waals surface area contributed by atoms with Gasteiger partial charge in [0.25, 0.3) is 0 Å². The smallest absolute Gasteiger partial charge is 0.333 e. The summed E-state index contributed by atoms with van der Waals surface area (Å²) in [4.78, 5) is 40.5. The maximum atomic E-state index is 12.7. The summed E-state index contributed by atoms with van der Waals surface area (Å²) >= 11 is 0. The summed E-state index contributed by atoms with van der Waals surface area (Å²) in [6, 6.07) is -0.428. The molecule has 0 N–H and O–H groups in total. The Bertz CT molecular complexity index is 558. The largest absolute Gasteiger partial charge is 0.370 e. The lowest BCUT2D eigenvalue weighted by Crippen LogP contribution is -2.44. The first-order valence-electron chi connectivity index (χ1n) is 9.09. The zero-order valence-electron chi connectivity index (χ0n) is 13.6. The van der Waals surface area contributed by atoms with Gasteiger partial charge in [-0.15, -0.1) is 0 Å². The van der Waals surface area contributed by atoms with Crippen LogP contribution in [0.5, 0.6) is 0 Å². The lowest BCUT2D eigenvalue weighted by Gasteiger charge is -2.25. The fourth-order valence-electron chi connectivity index (χ4n) is 4.64. The molecule has 2 saturated carbocycles. The topological polar surface area (TPSA) is 82.8 Å². The number of carbonyl (C=O) groups excluding carboxylic acids is 3. The van der Waals surface area contributed by atoms with Gasteiger partial charge in [0.2, 0.25) is 11.8 Å². The van der Waals surface area contributed by atoms with Crippen molar-refractivity contribution in [1.82, 2.24) is 9.80 Å². The number of imide groups is 2. The molecular formula is C17H22N2O5. The summed E-state index contributed by atoms with van der Waals surface area (Å²) in [7, 11) is 0. The summed E-state index contributed by atoms with van der Waals surface area (Å²) in [6.07, 6.45) is 5.86. The van der Waals surface area contributed by atoms with Crippen LogP contribution < -0.4 is 0 Å². The molecule has 130 valence electrons. The molecule has 0 spiro atoms. The number of ether oxygens (including phenoxy) is 2. The predicted octanol–water partition coefficient (Wildman–Crippen LogP) is 0.912. The van der Waals surface area contributed by atoms with Crippen molar-refractivity contribution in [3.8, 4) is 0 Å². The molecule has 6 atom stereocenters.